The van der Waals surface area contributed by atoms with Gasteiger partial charge in [-0.2, -0.15) is 0 Å². The highest BCUT2D eigenvalue weighted by Gasteiger charge is 2.18. The molecule has 0 N–H and O–H groups in total. The van der Waals surface area contributed by atoms with Crippen LogP contribution in [0.25, 0.3) is 0 Å². The highest BCUT2D eigenvalue weighted by molar-refractivity contribution is 8.13. The SMILES string of the molecule is CCCC(COc1ccc(C(C)(C)C)cc1)CS(=O)(=O)Cl. The van der Waals surface area contributed by atoms with Gasteiger partial charge in [-0.15, -0.1) is 0 Å². The van der Waals surface area contributed by atoms with Gasteiger partial charge in [-0.1, -0.05) is 46.2 Å². The Kier molecular flexibility index (Phi) is 6.54. The summed E-state index contributed by atoms with van der Waals surface area (Å²) >= 11 is 0. The highest BCUT2D eigenvalue weighted by Crippen LogP contribution is 2.24. The molecule has 0 heterocycles. The standard InChI is InChI=1S/C16H25ClO3S/c1-5-6-13(12-21(17,18)19)11-20-15-9-7-14(8-10-15)16(2,3)4/h7-10,13H,5-6,11-12H2,1-4H3. The fraction of sp³-hybridized carbons (Fsp3) is 0.625. The molecule has 5 heteroatoms. The van der Waals surface area contributed by atoms with Crippen molar-refractivity contribution >= 4 is 19.7 Å². The van der Waals surface area contributed by atoms with Crippen molar-refractivity contribution in [2.24, 2.45) is 5.92 Å². The van der Waals surface area contributed by atoms with E-state index in [1.807, 2.05) is 31.2 Å². The molecule has 0 radical (unpaired) electrons. The number of hydrogen-bond donors (Lipinski definition) is 0. The first-order valence-corrected chi connectivity index (χ1v) is 9.75. The lowest BCUT2D eigenvalue weighted by atomic mass is 9.87. The Morgan fingerprint density at radius 3 is 2.19 bits per heavy atom. The Hall–Kier alpha value is -0.740. The molecule has 120 valence electrons. The molecule has 1 aromatic rings. The van der Waals surface area contributed by atoms with Crippen molar-refractivity contribution < 1.29 is 13.2 Å². The maximum Gasteiger partial charge on any atom is 0.232 e. The van der Waals surface area contributed by atoms with E-state index in [1.165, 1.54) is 5.56 Å². The topological polar surface area (TPSA) is 43.4 Å². The zero-order valence-corrected chi connectivity index (χ0v) is 14.8. The van der Waals surface area contributed by atoms with Gasteiger partial charge < -0.3 is 4.74 Å². The van der Waals surface area contributed by atoms with Crippen LogP contribution in [0.15, 0.2) is 24.3 Å². The third-order valence-corrected chi connectivity index (χ3v) is 4.59. The van der Waals surface area contributed by atoms with Crippen molar-refractivity contribution in [1.29, 1.82) is 0 Å². The first kappa shape index (κ1) is 18.3. The van der Waals surface area contributed by atoms with Gasteiger partial charge in [0.05, 0.1) is 12.4 Å². The lowest BCUT2D eigenvalue weighted by Gasteiger charge is -2.20. The number of ether oxygens (including phenoxy) is 1. The lowest BCUT2D eigenvalue weighted by Crippen LogP contribution is -2.19. The summed E-state index contributed by atoms with van der Waals surface area (Å²) in [6.45, 7) is 8.86. The fourth-order valence-electron chi connectivity index (χ4n) is 2.17. The summed E-state index contributed by atoms with van der Waals surface area (Å²) in [5.74, 6) is 0.651. The lowest BCUT2D eigenvalue weighted by molar-refractivity contribution is 0.253. The van der Waals surface area contributed by atoms with E-state index in [1.54, 1.807) is 0 Å². The molecule has 0 amide bonds. The molecule has 0 aromatic heterocycles. The molecule has 21 heavy (non-hydrogen) atoms. The van der Waals surface area contributed by atoms with Crippen molar-refractivity contribution in [3.05, 3.63) is 29.8 Å². The number of benzene rings is 1. The summed E-state index contributed by atoms with van der Waals surface area (Å²) < 4.78 is 28.1. The number of rotatable bonds is 7. The molecular formula is C16H25ClO3S. The van der Waals surface area contributed by atoms with Crippen LogP contribution in [0.4, 0.5) is 0 Å². The van der Waals surface area contributed by atoms with E-state index in [-0.39, 0.29) is 17.1 Å². The zero-order valence-electron chi connectivity index (χ0n) is 13.2. The Bertz CT molecular complexity index is 530. The number of halogens is 1. The third-order valence-electron chi connectivity index (χ3n) is 3.34. The summed E-state index contributed by atoms with van der Waals surface area (Å²) in [7, 11) is 1.85. The molecule has 0 aliphatic rings. The monoisotopic (exact) mass is 332 g/mol. The van der Waals surface area contributed by atoms with Crippen LogP contribution in [-0.4, -0.2) is 20.8 Å². The minimum atomic E-state index is -3.48. The third kappa shape index (κ3) is 7.18. The molecule has 0 bridgehead atoms. The van der Waals surface area contributed by atoms with E-state index in [2.05, 4.69) is 20.8 Å². The van der Waals surface area contributed by atoms with Crippen LogP contribution in [0.2, 0.25) is 0 Å². The van der Waals surface area contributed by atoms with Gasteiger partial charge in [0.1, 0.15) is 5.75 Å². The first-order valence-electron chi connectivity index (χ1n) is 7.27. The molecule has 1 aromatic carbocycles. The van der Waals surface area contributed by atoms with Crippen LogP contribution in [0, 0.1) is 5.92 Å². The van der Waals surface area contributed by atoms with Gasteiger partial charge in [0, 0.05) is 16.6 Å². The summed E-state index contributed by atoms with van der Waals surface area (Å²) in [6.07, 6.45) is 1.69. The maximum atomic E-state index is 11.2. The normalized spacial score (nSPS) is 14.0. The van der Waals surface area contributed by atoms with Gasteiger partial charge in [0.15, 0.2) is 0 Å². The molecule has 1 rings (SSSR count). The number of hydrogen-bond acceptors (Lipinski definition) is 3. The van der Waals surface area contributed by atoms with Crippen LogP contribution in [0.3, 0.4) is 0 Å². The molecule has 3 nitrogen and oxygen atoms in total. The van der Waals surface area contributed by atoms with Gasteiger partial charge in [0.2, 0.25) is 9.05 Å². The Morgan fingerprint density at radius 1 is 1.19 bits per heavy atom. The van der Waals surface area contributed by atoms with Crippen LogP contribution in [0.1, 0.15) is 46.1 Å². The van der Waals surface area contributed by atoms with E-state index >= 15 is 0 Å². The van der Waals surface area contributed by atoms with Crippen LogP contribution < -0.4 is 4.74 Å². The van der Waals surface area contributed by atoms with Crippen molar-refractivity contribution in [2.45, 2.75) is 46.0 Å². The molecule has 0 fully saturated rings. The van der Waals surface area contributed by atoms with Gasteiger partial charge in [-0.05, 0) is 29.5 Å². The molecule has 0 saturated carbocycles. The molecular weight excluding hydrogens is 308 g/mol. The molecule has 0 aliphatic carbocycles. The molecule has 1 atom stereocenters. The molecule has 1 unspecified atom stereocenters. The van der Waals surface area contributed by atoms with Crippen molar-refractivity contribution in [3.8, 4) is 5.75 Å². The molecule has 0 spiro atoms. The average Bonchev–Trinajstić information content (AvgIpc) is 2.34. The van der Waals surface area contributed by atoms with Gasteiger partial charge in [0.25, 0.3) is 0 Å². The molecule has 0 saturated heterocycles. The summed E-state index contributed by atoms with van der Waals surface area (Å²) in [5, 5.41) is 0. The first-order chi connectivity index (χ1) is 9.62. The largest absolute Gasteiger partial charge is 0.493 e. The minimum Gasteiger partial charge on any atom is -0.493 e. The van der Waals surface area contributed by atoms with Gasteiger partial charge >= 0.3 is 0 Å². The predicted molar refractivity (Wildman–Crippen MR) is 88.7 cm³/mol. The second-order valence-electron chi connectivity index (χ2n) is 6.45. The van der Waals surface area contributed by atoms with Crippen LogP contribution >= 0.6 is 10.7 Å². The maximum absolute atomic E-state index is 11.2. The van der Waals surface area contributed by atoms with Crippen molar-refractivity contribution in [2.75, 3.05) is 12.4 Å². The van der Waals surface area contributed by atoms with Crippen LogP contribution in [-0.2, 0) is 14.5 Å². The summed E-state index contributed by atoms with van der Waals surface area (Å²) in [6, 6.07) is 7.95. The van der Waals surface area contributed by atoms with E-state index in [0.29, 0.717) is 6.61 Å². The minimum absolute atomic E-state index is 0.0392. The van der Waals surface area contributed by atoms with Crippen LogP contribution in [0.5, 0.6) is 5.75 Å². The van der Waals surface area contributed by atoms with E-state index in [9.17, 15) is 8.42 Å². The molecule has 0 aliphatic heterocycles. The highest BCUT2D eigenvalue weighted by atomic mass is 35.7. The second-order valence-corrected chi connectivity index (χ2v) is 9.27. The summed E-state index contributed by atoms with van der Waals surface area (Å²) in [5.41, 5.74) is 1.35. The van der Waals surface area contributed by atoms with E-state index in [0.717, 1.165) is 18.6 Å². The van der Waals surface area contributed by atoms with E-state index in [4.69, 9.17) is 15.4 Å². The predicted octanol–water partition coefficient (Wildman–Crippen LogP) is 4.35. The zero-order chi connectivity index (χ0) is 16.1. The summed E-state index contributed by atoms with van der Waals surface area (Å²) in [4.78, 5) is 0. The Morgan fingerprint density at radius 2 is 1.76 bits per heavy atom. The van der Waals surface area contributed by atoms with Gasteiger partial charge in [-0.25, -0.2) is 8.42 Å². The smallest absolute Gasteiger partial charge is 0.232 e. The van der Waals surface area contributed by atoms with Gasteiger partial charge in [-0.3, -0.25) is 0 Å². The van der Waals surface area contributed by atoms with Crippen molar-refractivity contribution in [3.63, 3.8) is 0 Å². The average molecular weight is 333 g/mol. The Balaban J connectivity index is 2.63. The quantitative estimate of drug-likeness (QED) is 0.697. The second kappa shape index (κ2) is 7.50. The van der Waals surface area contributed by atoms with Crippen molar-refractivity contribution in [1.82, 2.24) is 0 Å². The van der Waals surface area contributed by atoms with E-state index < -0.39 is 9.05 Å². The fourth-order valence-corrected chi connectivity index (χ4v) is 3.53. The Labute approximate surface area is 133 Å².